The van der Waals surface area contributed by atoms with Gasteiger partial charge in [-0.25, -0.2) is 9.97 Å². The zero-order chi connectivity index (χ0) is 22.8. The minimum absolute atomic E-state index is 0.123. The van der Waals surface area contributed by atoms with Gasteiger partial charge in [-0.2, -0.15) is 0 Å². The smallest absolute Gasteiger partial charge is 0.242 e. The van der Waals surface area contributed by atoms with E-state index in [2.05, 4.69) is 21.4 Å². The standard InChI is InChI=1S/C26H28N6O/c1-18-7-5-11-27-26(18)30-21-13-19(2)29-23(14-21)20-8-6-12-31(15-20)25(33)16-32-17-28-22-9-3-4-10-24(22)32/h3-5,7,9-11,13-14,17,20H,6,8,12,15-16H2,1-2H3,(H,27,29,30). The normalized spacial score (nSPS) is 16.2. The lowest BCUT2D eigenvalue weighted by Gasteiger charge is -2.33. The number of anilines is 2. The summed E-state index contributed by atoms with van der Waals surface area (Å²) in [5.41, 5.74) is 5.95. The minimum atomic E-state index is 0.123. The topological polar surface area (TPSA) is 75.9 Å². The number of hydrogen-bond donors (Lipinski definition) is 1. The van der Waals surface area contributed by atoms with Gasteiger partial charge in [0.15, 0.2) is 0 Å². The molecule has 1 fully saturated rings. The van der Waals surface area contributed by atoms with Crippen molar-refractivity contribution < 1.29 is 4.79 Å². The summed E-state index contributed by atoms with van der Waals surface area (Å²) < 4.78 is 1.93. The molecule has 33 heavy (non-hydrogen) atoms. The number of carbonyl (C=O) groups excluding carboxylic acids is 1. The summed E-state index contributed by atoms with van der Waals surface area (Å²) in [6.07, 6.45) is 5.54. The molecule has 1 aliphatic heterocycles. The fraction of sp³-hybridized carbons (Fsp3) is 0.308. The Hall–Kier alpha value is -3.74. The van der Waals surface area contributed by atoms with Crippen LogP contribution in [0.2, 0.25) is 0 Å². The van der Waals surface area contributed by atoms with Gasteiger partial charge in [0, 0.05) is 42.3 Å². The first-order chi connectivity index (χ1) is 16.1. The van der Waals surface area contributed by atoms with Crippen LogP contribution >= 0.6 is 0 Å². The molecule has 0 radical (unpaired) electrons. The summed E-state index contributed by atoms with van der Waals surface area (Å²) in [5.74, 6) is 1.19. The summed E-state index contributed by atoms with van der Waals surface area (Å²) in [7, 11) is 0. The van der Waals surface area contributed by atoms with E-state index in [1.165, 1.54) is 0 Å². The van der Waals surface area contributed by atoms with E-state index in [-0.39, 0.29) is 11.8 Å². The Morgan fingerprint density at radius 1 is 1.12 bits per heavy atom. The molecule has 0 bridgehead atoms. The zero-order valence-electron chi connectivity index (χ0n) is 19.0. The van der Waals surface area contributed by atoms with Crippen molar-refractivity contribution in [3.8, 4) is 0 Å². The largest absolute Gasteiger partial charge is 0.340 e. The third kappa shape index (κ3) is 4.58. The van der Waals surface area contributed by atoms with Crippen molar-refractivity contribution in [2.75, 3.05) is 18.4 Å². The van der Waals surface area contributed by atoms with Crippen LogP contribution in [0, 0.1) is 13.8 Å². The van der Waals surface area contributed by atoms with Crippen molar-refractivity contribution in [1.82, 2.24) is 24.4 Å². The number of aryl methyl sites for hydroxylation is 2. The van der Waals surface area contributed by atoms with Crippen molar-refractivity contribution in [3.05, 3.63) is 78.0 Å². The van der Waals surface area contributed by atoms with Gasteiger partial charge in [0.2, 0.25) is 5.91 Å². The zero-order valence-corrected chi connectivity index (χ0v) is 19.0. The maximum Gasteiger partial charge on any atom is 0.242 e. The monoisotopic (exact) mass is 440 g/mol. The van der Waals surface area contributed by atoms with Crippen LogP contribution in [0.3, 0.4) is 0 Å². The van der Waals surface area contributed by atoms with E-state index in [1.807, 2.05) is 65.8 Å². The molecule has 4 aromatic rings. The fourth-order valence-corrected chi connectivity index (χ4v) is 4.56. The van der Waals surface area contributed by atoms with Gasteiger partial charge in [0.05, 0.1) is 17.4 Å². The number of fused-ring (bicyclic) bond motifs is 1. The number of aromatic nitrogens is 4. The Bertz CT molecular complexity index is 1300. The van der Waals surface area contributed by atoms with Gasteiger partial charge in [0.1, 0.15) is 12.4 Å². The first kappa shape index (κ1) is 21.1. The number of likely N-dealkylation sites (tertiary alicyclic amines) is 1. The van der Waals surface area contributed by atoms with E-state index in [0.29, 0.717) is 13.1 Å². The van der Waals surface area contributed by atoms with Gasteiger partial charge in [0.25, 0.3) is 0 Å². The molecular weight excluding hydrogens is 412 g/mol. The Morgan fingerprint density at radius 3 is 2.88 bits per heavy atom. The molecule has 7 heteroatoms. The highest BCUT2D eigenvalue weighted by molar-refractivity contribution is 5.80. The fourth-order valence-electron chi connectivity index (χ4n) is 4.56. The van der Waals surface area contributed by atoms with Gasteiger partial charge in [-0.15, -0.1) is 0 Å². The number of piperidine rings is 1. The highest BCUT2D eigenvalue weighted by Gasteiger charge is 2.26. The SMILES string of the molecule is Cc1cc(Nc2ncccc2C)cc(C2CCCN(C(=O)Cn3cnc4ccccc43)C2)n1. The molecule has 1 saturated heterocycles. The van der Waals surface area contributed by atoms with E-state index in [0.717, 1.165) is 58.9 Å². The number of para-hydroxylation sites is 2. The Balaban J connectivity index is 1.31. The maximum absolute atomic E-state index is 13.1. The molecule has 0 saturated carbocycles. The van der Waals surface area contributed by atoms with Gasteiger partial charge < -0.3 is 14.8 Å². The number of rotatable bonds is 5. The first-order valence-electron chi connectivity index (χ1n) is 11.4. The van der Waals surface area contributed by atoms with E-state index < -0.39 is 0 Å². The lowest BCUT2D eigenvalue weighted by atomic mass is 9.93. The lowest BCUT2D eigenvalue weighted by molar-refractivity contribution is -0.133. The summed E-state index contributed by atoms with van der Waals surface area (Å²) in [6, 6.07) is 16.0. The minimum Gasteiger partial charge on any atom is -0.340 e. The van der Waals surface area contributed by atoms with Crippen LogP contribution in [0.1, 0.15) is 35.7 Å². The molecule has 4 heterocycles. The molecule has 7 nitrogen and oxygen atoms in total. The third-order valence-corrected chi connectivity index (χ3v) is 6.27. The van der Waals surface area contributed by atoms with E-state index in [4.69, 9.17) is 4.98 Å². The second-order valence-corrected chi connectivity index (χ2v) is 8.76. The Kier molecular flexibility index (Phi) is 5.77. The molecule has 5 rings (SSSR count). The van der Waals surface area contributed by atoms with Gasteiger partial charge in [-0.05, 0) is 62.6 Å². The number of nitrogens with zero attached hydrogens (tertiary/aromatic N) is 5. The van der Waals surface area contributed by atoms with Crippen molar-refractivity contribution in [1.29, 1.82) is 0 Å². The van der Waals surface area contributed by atoms with Gasteiger partial charge >= 0.3 is 0 Å². The molecular formula is C26H28N6O. The molecule has 1 aliphatic rings. The molecule has 1 amide bonds. The van der Waals surface area contributed by atoms with Crippen LogP contribution < -0.4 is 5.32 Å². The molecule has 0 aliphatic carbocycles. The molecule has 1 unspecified atom stereocenters. The highest BCUT2D eigenvalue weighted by atomic mass is 16.2. The number of carbonyl (C=O) groups is 1. The Morgan fingerprint density at radius 2 is 2.00 bits per heavy atom. The molecule has 1 N–H and O–H groups in total. The number of benzene rings is 1. The van der Waals surface area contributed by atoms with Crippen LogP contribution in [0.4, 0.5) is 11.5 Å². The quantitative estimate of drug-likeness (QED) is 0.491. The van der Waals surface area contributed by atoms with Crippen molar-refractivity contribution >= 4 is 28.4 Å². The molecule has 1 atom stereocenters. The molecule has 3 aromatic heterocycles. The summed E-state index contributed by atoms with van der Waals surface area (Å²) in [5, 5.41) is 3.43. The number of hydrogen-bond acceptors (Lipinski definition) is 5. The maximum atomic E-state index is 13.1. The van der Waals surface area contributed by atoms with E-state index >= 15 is 0 Å². The van der Waals surface area contributed by atoms with Crippen molar-refractivity contribution in [2.24, 2.45) is 0 Å². The van der Waals surface area contributed by atoms with E-state index in [1.54, 1.807) is 12.5 Å². The predicted molar refractivity (Wildman–Crippen MR) is 130 cm³/mol. The van der Waals surface area contributed by atoms with Crippen LogP contribution in [-0.2, 0) is 11.3 Å². The number of imidazole rings is 1. The summed E-state index contributed by atoms with van der Waals surface area (Å²) in [6.45, 7) is 5.82. The summed E-state index contributed by atoms with van der Waals surface area (Å²) >= 11 is 0. The molecule has 1 aromatic carbocycles. The third-order valence-electron chi connectivity index (χ3n) is 6.27. The number of amides is 1. The highest BCUT2D eigenvalue weighted by Crippen LogP contribution is 2.29. The molecule has 168 valence electrons. The van der Waals surface area contributed by atoms with Crippen LogP contribution in [0.5, 0.6) is 0 Å². The van der Waals surface area contributed by atoms with Crippen LogP contribution in [0.15, 0.2) is 61.1 Å². The lowest BCUT2D eigenvalue weighted by Crippen LogP contribution is -2.41. The Labute approximate surface area is 193 Å². The average molecular weight is 441 g/mol. The average Bonchev–Trinajstić information content (AvgIpc) is 3.23. The summed E-state index contributed by atoms with van der Waals surface area (Å²) in [4.78, 5) is 28.8. The predicted octanol–water partition coefficient (Wildman–Crippen LogP) is 4.59. The second kappa shape index (κ2) is 9.02. The van der Waals surface area contributed by atoms with Crippen LogP contribution in [0.25, 0.3) is 11.0 Å². The first-order valence-corrected chi connectivity index (χ1v) is 11.4. The molecule has 0 spiro atoms. The van der Waals surface area contributed by atoms with Crippen molar-refractivity contribution in [3.63, 3.8) is 0 Å². The number of pyridine rings is 2. The van der Waals surface area contributed by atoms with E-state index in [9.17, 15) is 4.79 Å². The van der Waals surface area contributed by atoms with Gasteiger partial charge in [-0.3, -0.25) is 9.78 Å². The second-order valence-electron chi connectivity index (χ2n) is 8.76. The van der Waals surface area contributed by atoms with Gasteiger partial charge in [-0.1, -0.05) is 18.2 Å². The number of nitrogens with one attached hydrogen (secondary N) is 1. The van der Waals surface area contributed by atoms with Crippen LogP contribution in [-0.4, -0.2) is 43.4 Å². The van der Waals surface area contributed by atoms with Crippen molar-refractivity contribution in [2.45, 2.75) is 39.2 Å².